The molecule has 0 spiro atoms. The molecule has 0 saturated heterocycles. The van der Waals surface area contributed by atoms with Crippen LogP contribution in [0.2, 0.25) is 0 Å². The fourth-order valence-electron chi connectivity index (χ4n) is 1.61. The largest absolute Gasteiger partial charge is 0.320 e. The normalized spacial score (nSPS) is 10.1. The zero-order valence-corrected chi connectivity index (χ0v) is 10.7. The van der Waals surface area contributed by atoms with Crippen molar-refractivity contribution >= 4 is 23.2 Å². The summed E-state index contributed by atoms with van der Waals surface area (Å²) in [5.41, 5.74) is 3.03. The molecule has 1 heterocycles. The van der Waals surface area contributed by atoms with Crippen LogP contribution in [-0.2, 0) is 5.88 Å². The van der Waals surface area contributed by atoms with Crippen molar-refractivity contribution in [3.8, 4) is 0 Å². The van der Waals surface area contributed by atoms with E-state index in [2.05, 4.69) is 10.3 Å². The highest BCUT2D eigenvalue weighted by Gasteiger charge is 2.08. The first-order valence-corrected chi connectivity index (χ1v) is 6.12. The predicted octanol–water partition coefficient (Wildman–Crippen LogP) is 3.38. The van der Waals surface area contributed by atoms with Gasteiger partial charge in [0.2, 0.25) is 0 Å². The van der Waals surface area contributed by atoms with Gasteiger partial charge in [-0.25, -0.2) is 0 Å². The summed E-state index contributed by atoms with van der Waals surface area (Å²) >= 11 is 5.75. The molecule has 3 nitrogen and oxygen atoms in total. The maximum absolute atomic E-state index is 12.1. The molecular weight excluding hydrogens is 248 g/mol. The van der Waals surface area contributed by atoms with Gasteiger partial charge in [0.15, 0.2) is 0 Å². The molecule has 0 atom stereocenters. The highest BCUT2D eigenvalue weighted by molar-refractivity contribution is 6.17. The van der Waals surface area contributed by atoms with Crippen LogP contribution in [0.5, 0.6) is 0 Å². The number of hydrogen-bond donors (Lipinski definition) is 1. The average Bonchev–Trinajstić information content (AvgIpc) is 2.41. The van der Waals surface area contributed by atoms with Crippen molar-refractivity contribution in [1.29, 1.82) is 0 Å². The number of aryl methyl sites for hydroxylation is 1. The van der Waals surface area contributed by atoms with Gasteiger partial charge in [0, 0.05) is 17.6 Å². The minimum Gasteiger partial charge on any atom is -0.320 e. The third-order valence-electron chi connectivity index (χ3n) is 2.60. The number of carbonyl (C=O) groups is 1. The second kappa shape index (κ2) is 5.65. The number of alkyl halides is 1. The summed E-state index contributed by atoms with van der Waals surface area (Å²) in [6, 6.07) is 10.9. The van der Waals surface area contributed by atoms with Gasteiger partial charge in [-0.1, -0.05) is 12.1 Å². The molecule has 1 aromatic carbocycles. The first-order chi connectivity index (χ1) is 8.70. The van der Waals surface area contributed by atoms with E-state index in [-0.39, 0.29) is 5.91 Å². The van der Waals surface area contributed by atoms with Gasteiger partial charge in [0.05, 0.1) is 11.4 Å². The topological polar surface area (TPSA) is 42.0 Å². The van der Waals surface area contributed by atoms with Gasteiger partial charge in [-0.05, 0) is 36.8 Å². The van der Waals surface area contributed by atoms with Crippen molar-refractivity contribution in [2.24, 2.45) is 0 Å². The van der Waals surface area contributed by atoms with Gasteiger partial charge in [-0.3, -0.25) is 9.78 Å². The van der Waals surface area contributed by atoms with Gasteiger partial charge in [-0.15, -0.1) is 11.6 Å². The Labute approximate surface area is 111 Å². The summed E-state index contributed by atoms with van der Waals surface area (Å²) in [6.07, 6.45) is 1.69. The SMILES string of the molecule is Cc1ncccc1NC(=O)c1cccc(CCl)c1. The van der Waals surface area contributed by atoms with Crippen molar-refractivity contribution in [2.75, 3.05) is 5.32 Å². The molecule has 2 rings (SSSR count). The molecule has 0 radical (unpaired) electrons. The second-order valence-electron chi connectivity index (χ2n) is 3.92. The van der Waals surface area contributed by atoms with Crippen LogP contribution >= 0.6 is 11.6 Å². The molecule has 0 saturated carbocycles. The molecule has 2 aromatic rings. The summed E-state index contributed by atoms with van der Waals surface area (Å²) in [5, 5.41) is 2.83. The molecule has 0 aliphatic carbocycles. The van der Waals surface area contributed by atoms with E-state index in [1.807, 2.05) is 25.1 Å². The molecule has 18 heavy (non-hydrogen) atoms. The van der Waals surface area contributed by atoms with Crippen molar-refractivity contribution in [1.82, 2.24) is 4.98 Å². The fraction of sp³-hybridized carbons (Fsp3) is 0.143. The number of rotatable bonds is 3. The third-order valence-corrected chi connectivity index (χ3v) is 2.91. The van der Waals surface area contributed by atoms with Crippen molar-refractivity contribution in [2.45, 2.75) is 12.8 Å². The molecule has 0 fully saturated rings. The molecular formula is C14H13ClN2O. The number of carbonyl (C=O) groups excluding carboxylic acids is 1. The van der Waals surface area contributed by atoms with Crippen molar-refractivity contribution in [3.63, 3.8) is 0 Å². The summed E-state index contributed by atoms with van der Waals surface area (Å²) in [7, 11) is 0. The quantitative estimate of drug-likeness (QED) is 0.860. The van der Waals surface area contributed by atoms with Crippen LogP contribution in [0.15, 0.2) is 42.6 Å². The van der Waals surface area contributed by atoms with Gasteiger partial charge in [0.1, 0.15) is 0 Å². The third kappa shape index (κ3) is 2.87. The van der Waals surface area contributed by atoms with E-state index in [4.69, 9.17) is 11.6 Å². The van der Waals surface area contributed by atoms with E-state index in [0.717, 1.165) is 16.9 Å². The fourth-order valence-corrected chi connectivity index (χ4v) is 1.77. The number of aromatic nitrogens is 1. The van der Waals surface area contributed by atoms with E-state index in [1.165, 1.54) is 0 Å². The Bertz CT molecular complexity index is 569. The lowest BCUT2D eigenvalue weighted by Crippen LogP contribution is -2.13. The van der Waals surface area contributed by atoms with E-state index in [0.29, 0.717) is 11.4 Å². The Kier molecular flexibility index (Phi) is 3.95. The Morgan fingerprint density at radius 2 is 2.17 bits per heavy atom. The van der Waals surface area contributed by atoms with Gasteiger partial charge >= 0.3 is 0 Å². The molecule has 0 unspecified atom stereocenters. The van der Waals surface area contributed by atoms with E-state index in [9.17, 15) is 4.79 Å². The highest BCUT2D eigenvalue weighted by atomic mass is 35.5. The lowest BCUT2D eigenvalue weighted by atomic mass is 10.1. The number of nitrogens with zero attached hydrogens (tertiary/aromatic N) is 1. The molecule has 1 amide bonds. The van der Waals surface area contributed by atoms with Crippen LogP contribution in [-0.4, -0.2) is 10.9 Å². The molecule has 4 heteroatoms. The first kappa shape index (κ1) is 12.6. The molecule has 0 bridgehead atoms. The monoisotopic (exact) mass is 260 g/mol. The molecule has 92 valence electrons. The van der Waals surface area contributed by atoms with Crippen LogP contribution < -0.4 is 5.32 Å². The molecule has 1 N–H and O–H groups in total. The lowest BCUT2D eigenvalue weighted by molar-refractivity contribution is 0.102. The average molecular weight is 261 g/mol. The number of anilines is 1. The number of halogens is 1. The van der Waals surface area contributed by atoms with E-state index < -0.39 is 0 Å². The van der Waals surface area contributed by atoms with E-state index in [1.54, 1.807) is 24.4 Å². The Morgan fingerprint density at radius 3 is 2.89 bits per heavy atom. The van der Waals surface area contributed by atoms with E-state index >= 15 is 0 Å². The van der Waals surface area contributed by atoms with Crippen LogP contribution in [0.25, 0.3) is 0 Å². The summed E-state index contributed by atoms with van der Waals surface area (Å²) < 4.78 is 0. The number of amides is 1. The van der Waals surface area contributed by atoms with Crippen LogP contribution in [0.1, 0.15) is 21.6 Å². The smallest absolute Gasteiger partial charge is 0.255 e. The predicted molar refractivity (Wildman–Crippen MR) is 72.9 cm³/mol. The van der Waals surface area contributed by atoms with Crippen LogP contribution in [0, 0.1) is 6.92 Å². The summed E-state index contributed by atoms with van der Waals surface area (Å²) in [6.45, 7) is 1.85. The molecule has 0 aliphatic heterocycles. The number of nitrogens with one attached hydrogen (secondary N) is 1. The van der Waals surface area contributed by atoms with Gasteiger partial charge < -0.3 is 5.32 Å². The maximum Gasteiger partial charge on any atom is 0.255 e. The Balaban J connectivity index is 2.19. The maximum atomic E-state index is 12.1. The summed E-state index contributed by atoms with van der Waals surface area (Å²) in [5.74, 6) is 0.241. The number of pyridine rings is 1. The van der Waals surface area contributed by atoms with Crippen molar-refractivity contribution < 1.29 is 4.79 Å². The number of hydrogen-bond acceptors (Lipinski definition) is 2. The number of benzene rings is 1. The van der Waals surface area contributed by atoms with Gasteiger partial charge in [-0.2, -0.15) is 0 Å². The van der Waals surface area contributed by atoms with Crippen LogP contribution in [0.4, 0.5) is 5.69 Å². The Morgan fingerprint density at radius 1 is 1.33 bits per heavy atom. The zero-order chi connectivity index (χ0) is 13.0. The van der Waals surface area contributed by atoms with Crippen LogP contribution in [0.3, 0.4) is 0 Å². The molecule has 1 aromatic heterocycles. The standard InChI is InChI=1S/C14H13ClN2O/c1-10-13(6-3-7-16-10)17-14(18)12-5-2-4-11(8-12)9-15/h2-8H,9H2,1H3,(H,17,18). The molecule has 0 aliphatic rings. The van der Waals surface area contributed by atoms with Crippen molar-refractivity contribution in [3.05, 3.63) is 59.4 Å². The summed E-state index contributed by atoms with van der Waals surface area (Å²) in [4.78, 5) is 16.2. The first-order valence-electron chi connectivity index (χ1n) is 5.58. The second-order valence-corrected chi connectivity index (χ2v) is 4.19. The van der Waals surface area contributed by atoms with Gasteiger partial charge in [0.25, 0.3) is 5.91 Å². The minimum absolute atomic E-state index is 0.155. The minimum atomic E-state index is -0.155. The lowest BCUT2D eigenvalue weighted by Gasteiger charge is -2.07. The Hall–Kier alpha value is -1.87. The highest BCUT2D eigenvalue weighted by Crippen LogP contribution is 2.13. The zero-order valence-electron chi connectivity index (χ0n) is 9.98.